The molecule has 0 saturated heterocycles. The van der Waals surface area contributed by atoms with Crippen molar-refractivity contribution in [1.82, 2.24) is 10.3 Å². The molecule has 1 aromatic rings. The highest BCUT2D eigenvalue weighted by Gasteiger charge is 2.08. The highest BCUT2D eigenvalue weighted by molar-refractivity contribution is 5.81. The Morgan fingerprint density at radius 1 is 1.50 bits per heavy atom. The summed E-state index contributed by atoms with van der Waals surface area (Å²) in [5.41, 5.74) is 7.24. The number of hydrogen-bond donors (Lipinski definition) is 2. The molecule has 100 valence electrons. The van der Waals surface area contributed by atoms with Crippen molar-refractivity contribution in [3.05, 3.63) is 24.0 Å². The van der Waals surface area contributed by atoms with Gasteiger partial charge in [-0.2, -0.15) is 0 Å². The molecule has 0 radical (unpaired) electrons. The second-order valence-electron chi connectivity index (χ2n) is 4.77. The molecule has 0 aromatic carbocycles. The fraction of sp³-hybridized carbons (Fsp3) is 0.538. The van der Waals surface area contributed by atoms with Gasteiger partial charge >= 0.3 is 0 Å². The number of pyridine rings is 1. The third-order valence-electron chi connectivity index (χ3n) is 2.55. The van der Waals surface area contributed by atoms with Crippen LogP contribution in [0, 0.1) is 5.92 Å². The lowest BCUT2D eigenvalue weighted by molar-refractivity contribution is -0.119. The quantitative estimate of drug-likeness (QED) is 0.781. The van der Waals surface area contributed by atoms with Gasteiger partial charge in [0, 0.05) is 20.1 Å². The topological polar surface area (TPSA) is 71.2 Å². The zero-order valence-electron chi connectivity index (χ0n) is 11.3. The van der Waals surface area contributed by atoms with Gasteiger partial charge in [0.25, 0.3) is 0 Å². The van der Waals surface area contributed by atoms with Gasteiger partial charge in [-0.25, -0.2) is 0 Å². The first-order chi connectivity index (χ1) is 8.52. The molecular formula is C13H22N4O. The molecule has 0 spiro atoms. The molecule has 0 aliphatic rings. The van der Waals surface area contributed by atoms with Crippen LogP contribution in [0.2, 0.25) is 0 Å². The number of nitrogens with two attached hydrogens (primary N) is 1. The summed E-state index contributed by atoms with van der Waals surface area (Å²) in [4.78, 5) is 17.7. The average Bonchev–Trinajstić information content (AvgIpc) is 2.36. The summed E-state index contributed by atoms with van der Waals surface area (Å²) in [5.74, 6) is 0.485. The third-order valence-corrected chi connectivity index (χ3v) is 2.55. The van der Waals surface area contributed by atoms with E-state index in [2.05, 4.69) is 24.1 Å². The maximum absolute atomic E-state index is 11.7. The minimum Gasteiger partial charge on any atom is -0.364 e. The van der Waals surface area contributed by atoms with E-state index < -0.39 is 0 Å². The van der Waals surface area contributed by atoms with E-state index >= 15 is 0 Å². The Kier molecular flexibility index (Phi) is 5.58. The van der Waals surface area contributed by atoms with Crippen LogP contribution >= 0.6 is 0 Å². The van der Waals surface area contributed by atoms with Gasteiger partial charge in [0.2, 0.25) is 5.91 Å². The van der Waals surface area contributed by atoms with Crippen LogP contribution in [0.3, 0.4) is 0 Å². The highest BCUT2D eigenvalue weighted by Crippen LogP contribution is 2.10. The van der Waals surface area contributed by atoms with Crippen molar-refractivity contribution in [2.24, 2.45) is 11.7 Å². The largest absolute Gasteiger partial charge is 0.364 e. The van der Waals surface area contributed by atoms with Crippen molar-refractivity contribution in [1.29, 1.82) is 0 Å². The second-order valence-corrected chi connectivity index (χ2v) is 4.77. The molecule has 0 fully saturated rings. The first-order valence-electron chi connectivity index (χ1n) is 6.15. The predicted molar refractivity (Wildman–Crippen MR) is 73.2 cm³/mol. The average molecular weight is 250 g/mol. The Balaban J connectivity index is 2.48. The van der Waals surface area contributed by atoms with Gasteiger partial charge in [-0.15, -0.1) is 0 Å². The molecule has 1 amide bonds. The lowest BCUT2D eigenvalue weighted by Gasteiger charge is -2.19. The van der Waals surface area contributed by atoms with E-state index in [0.717, 1.165) is 11.4 Å². The summed E-state index contributed by atoms with van der Waals surface area (Å²) in [6.07, 6.45) is 1.73. The Hall–Kier alpha value is -1.62. The molecule has 5 heteroatoms. The summed E-state index contributed by atoms with van der Waals surface area (Å²) in [5, 5.41) is 2.88. The predicted octanol–water partition coefficient (Wildman–Crippen LogP) is 0.749. The Morgan fingerprint density at radius 2 is 2.22 bits per heavy atom. The van der Waals surface area contributed by atoms with Crippen molar-refractivity contribution >= 4 is 11.6 Å². The Labute approximate surface area is 108 Å². The normalized spacial score (nSPS) is 10.5. The molecule has 18 heavy (non-hydrogen) atoms. The van der Waals surface area contributed by atoms with Crippen LogP contribution in [-0.4, -0.2) is 31.0 Å². The molecule has 0 aliphatic carbocycles. The van der Waals surface area contributed by atoms with Gasteiger partial charge in [-0.05, 0) is 18.1 Å². The van der Waals surface area contributed by atoms with E-state index in [-0.39, 0.29) is 5.91 Å². The number of likely N-dealkylation sites (N-methyl/N-ethyl adjacent to an activating group) is 1. The van der Waals surface area contributed by atoms with Gasteiger partial charge in [0.1, 0.15) is 0 Å². The summed E-state index contributed by atoms with van der Waals surface area (Å²) in [6.45, 7) is 5.60. The van der Waals surface area contributed by atoms with Crippen LogP contribution in [0.4, 0.5) is 5.69 Å². The maximum atomic E-state index is 11.7. The number of carbonyl (C=O) groups excluding carboxylic acids is 1. The molecule has 0 atom stereocenters. The monoisotopic (exact) mass is 250 g/mol. The number of aromatic nitrogens is 1. The number of rotatable bonds is 6. The van der Waals surface area contributed by atoms with Crippen molar-refractivity contribution in [3.63, 3.8) is 0 Å². The smallest absolute Gasteiger partial charge is 0.239 e. The Morgan fingerprint density at radius 3 is 2.72 bits per heavy atom. The zero-order valence-corrected chi connectivity index (χ0v) is 11.3. The van der Waals surface area contributed by atoms with Crippen LogP contribution in [0.15, 0.2) is 18.3 Å². The number of anilines is 1. The molecule has 0 bridgehead atoms. The maximum Gasteiger partial charge on any atom is 0.239 e. The minimum atomic E-state index is 0.0223. The van der Waals surface area contributed by atoms with E-state index in [4.69, 9.17) is 5.73 Å². The van der Waals surface area contributed by atoms with Gasteiger partial charge in [-0.3, -0.25) is 9.78 Å². The van der Waals surface area contributed by atoms with Crippen LogP contribution in [0.25, 0.3) is 0 Å². The summed E-state index contributed by atoms with van der Waals surface area (Å²) >= 11 is 0. The first kappa shape index (κ1) is 14.4. The summed E-state index contributed by atoms with van der Waals surface area (Å²) < 4.78 is 0. The number of amides is 1. The summed E-state index contributed by atoms with van der Waals surface area (Å²) in [6, 6.07) is 3.79. The molecule has 0 saturated carbocycles. The molecular weight excluding hydrogens is 228 g/mol. The molecule has 1 heterocycles. The first-order valence-corrected chi connectivity index (χ1v) is 6.15. The van der Waals surface area contributed by atoms with E-state index in [0.29, 0.717) is 25.6 Å². The molecule has 0 unspecified atom stereocenters. The zero-order chi connectivity index (χ0) is 13.5. The molecule has 0 aliphatic heterocycles. The van der Waals surface area contributed by atoms with E-state index in [1.165, 1.54) is 0 Å². The van der Waals surface area contributed by atoms with E-state index in [1.54, 1.807) is 6.20 Å². The molecule has 3 N–H and O–H groups in total. The lowest BCUT2D eigenvalue weighted by Crippen LogP contribution is -2.36. The third kappa shape index (κ3) is 4.71. The standard InChI is InChI=1S/C13H22N4O/c1-10(2)7-16-13(18)9-17(3)12-5-4-11(6-14)15-8-12/h4-5,8,10H,6-7,9,14H2,1-3H3,(H,16,18). The SMILES string of the molecule is CC(C)CNC(=O)CN(C)c1ccc(CN)nc1. The lowest BCUT2D eigenvalue weighted by atomic mass is 10.2. The fourth-order valence-electron chi connectivity index (χ4n) is 1.44. The van der Waals surface area contributed by atoms with Gasteiger partial charge in [0.15, 0.2) is 0 Å². The van der Waals surface area contributed by atoms with Crippen LogP contribution in [0.5, 0.6) is 0 Å². The van der Waals surface area contributed by atoms with Crippen LogP contribution in [0.1, 0.15) is 19.5 Å². The second kappa shape index (κ2) is 6.96. The highest BCUT2D eigenvalue weighted by atomic mass is 16.2. The van der Waals surface area contributed by atoms with Crippen LogP contribution in [-0.2, 0) is 11.3 Å². The van der Waals surface area contributed by atoms with Gasteiger partial charge in [-0.1, -0.05) is 13.8 Å². The van der Waals surface area contributed by atoms with Crippen molar-refractivity contribution in [2.75, 3.05) is 25.0 Å². The number of nitrogens with zero attached hydrogens (tertiary/aromatic N) is 2. The van der Waals surface area contributed by atoms with Crippen molar-refractivity contribution in [3.8, 4) is 0 Å². The minimum absolute atomic E-state index is 0.0223. The van der Waals surface area contributed by atoms with E-state index in [1.807, 2.05) is 24.1 Å². The number of carbonyl (C=O) groups is 1. The molecule has 1 rings (SSSR count). The number of nitrogens with one attached hydrogen (secondary N) is 1. The fourth-order valence-corrected chi connectivity index (χ4v) is 1.44. The van der Waals surface area contributed by atoms with E-state index in [9.17, 15) is 4.79 Å². The van der Waals surface area contributed by atoms with Gasteiger partial charge < -0.3 is 16.0 Å². The molecule has 1 aromatic heterocycles. The number of hydrogen-bond acceptors (Lipinski definition) is 4. The van der Waals surface area contributed by atoms with Crippen molar-refractivity contribution in [2.45, 2.75) is 20.4 Å². The summed E-state index contributed by atoms with van der Waals surface area (Å²) in [7, 11) is 1.87. The Bertz CT molecular complexity index is 375. The molecule has 5 nitrogen and oxygen atoms in total. The van der Waals surface area contributed by atoms with Gasteiger partial charge in [0.05, 0.1) is 24.1 Å². The van der Waals surface area contributed by atoms with Crippen molar-refractivity contribution < 1.29 is 4.79 Å². The van der Waals surface area contributed by atoms with Crippen LogP contribution < -0.4 is 16.0 Å².